The molecule has 4 rings (SSSR count). The number of hydrogen-bond acceptors (Lipinski definition) is 3. The molecule has 0 radical (unpaired) electrons. The Morgan fingerprint density at radius 2 is 1.67 bits per heavy atom. The monoisotopic (exact) mass is 566 g/mol. The van der Waals surface area contributed by atoms with Gasteiger partial charge in [-0.3, -0.25) is 9.59 Å². The van der Waals surface area contributed by atoms with Crippen molar-refractivity contribution >= 4 is 52.4 Å². The molecule has 3 N–H and O–H groups in total. The van der Waals surface area contributed by atoms with Gasteiger partial charge in [-0.25, -0.2) is 4.79 Å². The number of benzene rings is 3. The fraction of sp³-hybridized carbons (Fsp3) is 0.300. The second kappa shape index (κ2) is 11.7. The Morgan fingerprint density at radius 3 is 2.33 bits per heavy atom. The molecule has 0 fully saturated rings. The minimum atomic E-state index is -0.926. The molecule has 0 bridgehead atoms. The molecule has 0 saturated heterocycles. The van der Waals surface area contributed by atoms with Crippen molar-refractivity contribution < 1.29 is 14.4 Å². The van der Waals surface area contributed by atoms with Crippen LogP contribution in [0.2, 0.25) is 10.0 Å². The minimum Gasteiger partial charge on any atom is -0.350 e. The van der Waals surface area contributed by atoms with Crippen molar-refractivity contribution in [3.05, 3.63) is 93.5 Å². The summed E-state index contributed by atoms with van der Waals surface area (Å²) in [4.78, 5) is 41.5. The number of fused-ring (bicyclic) bond motifs is 1. The van der Waals surface area contributed by atoms with Gasteiger partial charge in [-0.05, 0) is 75.6 Å². The van der Waals surface area contributed by atoms with Gasteiger partial charge in [-0.15, -0.1) is 0 Å². The Kier molecular flexibility index (Phi) is 8.52. The molecule has 7 nitrogen and oxygen atoms in total. The van der Waals surface area contributed by atoms with Crippen LogP contribution in [-0.2, 0) is 9.59 Å². The van der Waals surface area contributed by atoms with E-state index in [1.807, 2.05) is 70.2 Å². The van der Waals surface area contributed by atoms with E-state index in [1.54, 1.807) is 24.3 Å². The fourth-order valence-electron chi connectivity index (χ4n) is 4.69. The van der Waals surface area contributed by atoms with Gasteiger partial charge >= 0.3 is 6.03 Å². The highest BCUT2D eigenvalue weighted by Gasteiger charge is 2.37. The van der Waals surface area contributed by atoms with E-state index in [1.165, 1.54) is 4.90 Å². The third kappa shape index (κ3) is 7.11. The van der Waals surface area contributed by atoms with Crippen LogP contribution in [0.4, 0.5) is 16.2 Å². The number of carbonyl (C=O) groups excluding carboxylic acids is 3. The van der Waals surface area contributed by atoms with Crippen LogP contribution in [0, 0.1) is 6.92 Å². The number of amides is 4. The Hall–Kier alpha value is -3.55. The van der Waals surface area contributed by atoms with E-state index in [-0.39, 0.29) is 30.7 Å². The largest absolute Gasteiger partial charge is 0.350 e. The topological polar surface area (TPSA) is 90.5 Å². The number of rotatable bonds is 5. The molecule has 0 aromatic heterocycles. The number of para-hydroxylation sites is 1. The summed E-state index contributed by atoms with van der Waals surface area (Å²) in [6.45, 7) is 7.40. The van der Waals surface area contributed by atoms with Crippen molar-refractivity contribution in [1.82, 2.24) is 10.6 Å². The zero-order valence-corrected chi connectivity index (χ0v) is 23.9. The summed E-state index contributed by atoms with van der Waals surface area (Å²) < 4.78 is 0. The molecule has 1 aliphatic rings. The quantitative estimate of drug-likeness (QED) is 0.339. The van der Waals surface area contributed by atoms with Crippen LogP contribution in [0.3, 0.4) is 0 Å². The molecule has 0 saturated carbocycles. The van der Waals surface area contributed by atoms with Gasteiger partial charge in [0.2, 0.25) is 11.8 Å². The number of aryl methyl sites for hydroxylation is 1. The van der Waals surface area contributed by atoms with E-state index in [0.29, 0.717) is 21.4 Å². The lowest BCUT2D eigenvalue weighted by atomic mass is 9.86. The first kappa shape index (κ1) is 28.5. The maximum atomic E-state index is 14.0. The molecule has 1 heterocycles. The second-order valence-corrected chi connectivity index (χ2v) is 11.6. The summed E-state index contributed by atoms with van der Waals surface area (Å²) in [6, 6.07) is 18.7. The molecular formula is C30H32Cl2N4O3. The highest BCUT2D eigenvalue weighted by Crippen LogP contribution is 2.40. The third-order valence-electron chi connectivity index (χ3n) is 6.42. The van der Waals surface area contributed by atoms with Crippen LogP contribution >= 0.6 is 23.2 Å². The first-order valence-electron chi connectivity index (χ1n) is 12.7. The summed E-state index contributed by atoms with van der Waals surface area (Å²) >= 11 is 12.6. The van der Waals surface area contributed by atoms with E-state index < -0.39 is 17.6 Å². The Labute approximate surface area is 238 Å². The van der Waals surface area contributed by atoms with Gasteiger partial charge in [0.15, 0.2) is 0 Å². The summed E-state index contributed by atoms with van der Waals surface area (Å²) in [7, 11) is 0. The van der Waals surface area contributed by atoms with Crippen molar-refractivity contribution in [2.24, 2.45) is 0 Å². The predicted octanol–water partition coefficient (Wildman–Crippen LogP) is 6.28. The molecule has 3 aromatic rings. The van der Waals surface area contributed by atoms with Crippen LogP contribution in [0.25, 0.3) is 0 Å². The smallest absolute Gasteiger partial charge is 0.319 e. The standard InChI is InChI=1S/C30H32Cl2N4O3/c1-18-9-12-20(13-10-18)33-29(39)34-25-16-22(19-11-14-23(31)24(32)15-19)21-7-5-6-8-26(21)36(28(25)38)17-27(37)35-30(2,3)4/h5-15,22,25H,16-17H2,1-4H3,(H,35,37)(H2,33,34,39). The maximum Gasteiger partial charge on any atom is 0.319 e. The number of nitrogens with zero attached hydrogens (tertiary/aromatic N) is 1. The Bertz CT molecular complexity index is 1390. The normalized spacial score (nSPS) is 17.2. The average molecular weight is 568 g/mol. The summed E-state index contributed by atoms with van der Waals surface area (Å²) in [5.41, 5.74) is 3.48. The molecule has 0 spiro atoms. The highest BCUT2D eigenvalue weighted by atomic mass is 35.5. The Balaban J connectivity index is 1.72. The van der Waals surface area contributed by atoms with Crippen molar-refractivity contribution in [1.29, 1.82) is 0 Å². The molecule has 2 unspecified atom stereocenters. The predicted molar refractivity (Wildman–Crippen MR) is 157 cm³/mol. The number of carbonyl (C=O) groups is 3. The van der Waals surface area contributed by atoms with Gasteiger partial charge in [0, 0.05) is 22.8 Å². The van der Waals surface area contributed by atoms with E-state index >= 15 is 0 Å². The van der Waals surface area contributed by atoms with Gasteiger partial charge in [0.25, 0.3) is 0 Å². The van der Waals surface area contributed by atoms with E-state index in [2.05, 4.69) is 16.0 Å². The molecule has 0 aliphatic carbocycles. The van der Waals surface area contributed by atoms with Gasteiger partial charge in [0.1, 0.15) is 12.6 Å². The van der Waals surface area contributed by atoms with Crippen molar-refractivity contribution in [2.45, 2.75) is 51.6 Å². The van der Waals surface area contributed by atoms with Crippen LogP contribution in [0.15, 0.2) is 66.7 Å². The summed E-state index contributed by atoms with van der Waals surface area (Å²) in [5.74, 6) is -0.991. The fourth-order valence-corrected chi connectivity index (χ4v) is 5.00. The van der Waals surface area contributed by atoms with E-state index in [9.17, 15) is 14.4 Å². The number of urea groups is 1. The first-order valence-corrected chi connectivity index (χ1v) is 13.5. The first-order chi connectivity index (χ1) is 18.4. The molecule has 4 amide bonds. The summed E-state index contributed by atoms with van der Waals surface area (Å²) in [6.07, 6.45) is 0.256. The number of hydrogen-bond donors (Lipinski definition) is 3. The van der Waals surface area contributed by atoms with Gasteiger partial charge in [-0.1, -0.05) is 65.2 Å². The molecule has 2 atom stereocenters. The van der Waals surface area contributed by atoms with Crippen LogP contribution in [-0.4, -0.2) is 36.0 Å². The van der Waals surface area contributed by atoms with E-state index in [4.69, 9.17) is 23.2 Å². The minimum absolute atomic E-state index is 0.195. The Morgan fingerprint density at radius 1 is 0.974 bits per heavy atom. The lowest BCUT2D eigenvalue weighted by Crippen LogP contribution is -2.53. The molecule has 9 heteroatoms. The SMILES string of the molecule is Cc1ccc(NC(=O)NC2CC(c3ccc(Cl)c(Cl)c3)c3ccccc3N(CC(=O)NC(C)(C)C)C2=O)cc1. The van der Waals surface area contributed by atoms with Gasteiger partial charge in [0.05, 0.1) is 10.0 Å². The van der Waals surface area contributed by atoms with Gasteiger partial charge < -0.3 is 20.9 Å². The van der Waals surface area contributed by atoms with Crippen LogP contribution in [0.5, 0.6) is 0 Å². The lowest BCUT2D eigenvalue weighted by molar-refractivity contribution is -0.125. The zero-order valence-electron chi connectivity index (χ0n) is 22.3. The third-order valence-corrected chi connectivity index (χ3v) is 7.15. The molecule has 39 heavy (non-hydrogen) atoms. The number of halogens is 2. The molecular weight excluding hydrogens is 535 g/mol. The second-order valence-electron chi connectivity index (χ2n) is 10.8. The van der Waals surface area contributed by atoms with Crippen molar-refractivity contribution in [3.8, 4) is 0 Å². The molecule has 204 valence electrons. The highest BCUT2D eigenvalue weighted by molar-refractivity contribution is 6.42. The number of nitrogens with one attached hydrogen (secondary N) is 3. The summed E-state index contributed by atoms with van der Waals surface area (Å²) in [5, 5.41) is 9.39. The maximum absolute atomic E-state index is 14.0. The molecule has 1 aliphatic heterocycles. The van der Waals surface area contributed by atoms with Crippen molar-refractivity contribution in [2.75, 3.05) is 16.8 Å². The number of anilines is 2. The van der Waals surface area contributed by atoms with Crippen LogP contribution in [0.1, 0.15) is 49.8 Å². The van der Waals surface area contributed by atoms with Gasteiger partial charge in [-0.2, -0.15) is 0 Å². The van der Waals surface area contributed by atoms with E-state index in [0.717, 1.165) is 16.7 Å². The van der Waals surface area contributed by atoms with Crippen molar-refractivity contribution in [3.63, 3.8) is 0 Å². The lowest BCUT2D eigenvalue weighted by Gasteiger charge is -2.28. The average Bonchev–Trinajstić information content (AvgIpc) is 2.97. The zero-order chi connectivity index (χ0) is 28.3. The molecule has 3 aromatic carbocycles. The van der Waals surface area contributed by atoms with Crippen LogP contribution < -0.4 is 20.9 Å².